The Balaban J connectivity index is 1.27. The highest BCUT2D eigenvalue weighted by Crippen LogP contribution is 2.34. The number of benzene rings is 2. The molecule has 0 spiro atoms. The Kier molecular flexibility index (Phi) is 5.31. The molecule has 0 bridgehead atoms. The zero-order chi connectivity index (χ0) is 23.2. The lowest BCUT2D eigenvalue weighted by Crippen LogP contribution is -2.48. The van der Waals surface area contributed by atoms with Crippen molar-refractivity contribution in [2.45, 2.75) is 13.8 Å². The van der Waals surface area contributed by atoms with Crippen LogP contribution in [0.5, 0.6) is 0 Å². The highest BCUT2D eigenvalue weighted by atomic mass is 32.1. The van der Waals surface area contributed by atoms with Gasteiger partial charge >= 0.3 is 0 Å². The van der Waals surface area contributed by atoms with Gasteiger partial charge in [0.05, 0.1) is 31.9 Å². The molecular formula is C27H24N4OS2. The smallest absolute Gasteiger partial charge is 0.254 e. The molecule has 0 N–H and O–H groups in total. The monoisotopic (exact) mass is 484 g/mol. The second-order valence-corrected chi connectivity index (χ2v) is 10.6. The summed E-state index contributed by atoms with van der Waals surface area (Å²) in [6.45, 7) is 7.18. The van der Waals surface area contributed by atoms with E-state index >= 15 is 0 Å². The number of thiophene rings is 1. The normalized spacial score (nSPS) is 14.3. The van der Waals surface area contributed by atoms with Gasteiger partial charge in [0.2, 0.25) is 0 Å². The SMILES string of the molecule is Cc1ccc(C)c2sc(N3CCN(C(=O)c4cc(-c5cccs5)nc5ccccc45)CC3)nc12. The zero-order valence-corrected chi connectivity index (χ0v) is 20.7. The molecule has 0 atom stereocenters. The summed E-state index contributed by atoms with van der Waals surface area (Å²) in [5.74, 6) is 0.0760. The van der Waals surface area contributed by atoms with Gasteiger partial charge in [0.25, 0.3) is 5.91 Å². The minimum atomic E-state index is 0.0760. The number of piperazine rings is 1. The van der Waals surface area contributed by atoms with E-state index in [2.05, 4.69) is 36.9 Å². The van der Waals surface area contributed by atoms with Crippen LogP contribution >= 0.6 is 22.7 Å². The lowest BCUT2D eigenvalue weighted by Gasteiger charge is -2.34. The standard InChI is InChI=1S/C27H24N4OS2/c1-17-9-10-18(2)25-24(17)29-27(34-25)31-13-11-30(12-14-31)26(32)20-16-22(23-8-5-15-33-23)28-21-7-4-3-6-19(20)21/h3-10,15-16H,11-14H2,1-2H3. The van der Waals surface area contributed by atoms with Crippen LogP contribution < -0.4 is 4.90 Å². The van der Waals surface area contributed by atoms with Crippen LogP contribution in [-0.2, 0) is 0 Å². The number of amides is 1. The number of para-hydroxylation sites is 1. The number of pyridine rings is 1. The predicted octanol–water partition coefficient (Wildman–Crippen LogP) is 6.15. The van der Waals surface area contributed by atoms with E-state index in [9.17, 15) is 4.79 Å². The Hall–Kier alpha value is -3.29. The van der Waals surface area contributed by atoms with Crippen molar-refractivity contribution in [2.75, 3.05) is 31.1 Å². The van der Waals surface area contributed by atoms with Crippen LogP contribution in [0.1, 0.15) is 21.5 Å². The number of hydrogen-bond acceptors (Lipinski definition) is 6. The van der Waals surface area contributed by atoms with Gasteiger partial charge in [0.15, 0.2) is 5.13 Å². The summed E-state index contributed by atoms with van der Waals surface area (Å²) in [4.78, 5) is 28.8. The number of nitrogens with zero attached hydrogens (tertiary/aromatic N) is 4. The lowest BCUT2D eigenvalue weighted by molar-refractivity contribution is 0.0748. The van der Waals surface area contributed by atoms with Gasteiger partial charge in [0.1, 0.15) is 0 Å². The Morgan fingerprint density at radius 3 is 2.47 bits per heavy atom. The molecule has 5 nitrogen and oxygen atoms in total. The molecule has 170 valence electrons. The van der Waals surface area contributed by atoms with Gasteiger partial charge < -0.3 is 9.80 Å². The van der Waals surface area contributed by atoms with Crippen molar-refractivity contribution >= 4 is 54.8 Å². The maximum Gasteiger partial charge on any atom is 0.254 e. The van der Waals surface area contributed by atoms with E-state index < -0.39 is 0 Å². The molecule has 7 heteroatoms. The molecule has 0 aliphatic carbocycles. The Morgan fingerprint density at radius 2 is 1.71 bits per heavy atom. The fourth-order valence-corrected chi connectivity index (χ4v) is 6.41. The van der Waals surface area contributed by atoms with E-state index in [-0.39, 0.29) is 5.91 Å². The van der Waals surface area contributed by atoms with Crippen LogP contribution in [0.15, 0.2) is 60.0 Å². The van der Waals surface area contributed by atoms with Gasteiger partial charge in [-0.05, 0) is 48.6 Å². The average Bonchev–Trinajstić information content (AvgIpc) is 3.57. The summed E-state index contributed by atoms with van der Waals surface area (Å²) < 4.78 is 1.26. The largest absolute Gasteiger partial charge is 0.345 e. The van der Waals surface area contributed by atoms with Crippen LogP contribution in [-0.4, -0.2) is 47.0 Å². The molecule has 34 heavy (non-hydrogen) atoms. The molecule has 1 aliphatic rings. The Bertz CT molecular complexity index is 1480. The van der Waals surface area contributed by atoms with Crippen molar-refractivity contribution in [3.05, 3.63) is 76.7 Å². The molecule has 1 aliphatic heterocycles. The lowest BCUT2D eigenvalue weighted by atomic mass is 10.1. The number of hydrogen-bond donors (Lipinski definition) is 0. The molecule has 1 fully saturated rings. The van der Waals surface area contributed by atoms with Crippen LogP contribution in [0.25, 0.3) is 31.7 Å². The Morgan fingerprint density at radius 1 is 0.912 bits per heavy atom. The molecule has 0 radical (unpaired) electrons. The molecule has 0 unspecified atom stereocenters. The molecule has 6 rings (SSSR count). The van der Waals surface area contributed by atoms with Gasteiger partial charge in [-0.3, -0.25) is 4.79 Å². The third-order valence-corrected chi connectivity index (χ3v) is 8.63. The number of carbonyl (C=O) groups excluding carboxylic acids is 1. The molecule has 3 aromatic heterocycles. The van der Waals surface area contributed by atoms with Crippen LogP contribution in [0.4, 0.5) is 5.13 Å². The maximum atomic E-state index is 13.7. The molecule has 2 aromatic carbocycles. The number of anilines is 1. The first-order valence-electron chi connectivity index (χ1n) is 11.4. The summed E-state index contributed by atoms with van der Waals surface area (Å²) in [5.41, 5.74) is 6.02. The third kappa shape index (κ3) is 3.65. The maximum absolute atomic E-state index is 13.7. The van der Waals surface area contributed by atoms with Crippen molar-refractivity contribution in [3.63, 3.8) is 0 Å². The fourth-order valence-electron chi connectivity index (χ4n) is 4.56. The molecule has 1 amide bonds. The van der Waals surface area contributed by atoms with Crippen molar-refractivity contribution in [1.29, 1.82) is 0 Å². The first-order valence-corrected chi connectivity index (χ1v) is 13.1. The number of aryl methyl sites for hydroxylation is 2. The molecule has 4 heterocycles. The first kappa shape index (κ1) is 21.3. The quantitative estimate of drug-likeness (QED) is 0.308. The van der Waals surface area contributed by atoms with E-state index in [1.165, 1.54) is 15.8 Å². The van der Waals surface area contributed by atoms with Crippen molar-refractivity contribution < 1.29 is 4.79 Å². The second kappa shape index (κ2) is 8.49. The van der Waals surface area contributed by atoms with E-state index in [1.54, 1.807) is 22.7 Å². The fraction of sp³-hybridized carbons (Fsp3) is 0.222. The Labute approximate surface area is 206 Å². The minimum absolute atomic E-state index is 0.0760. The van der Waals surface area contributed by atoms with Crippen LogP contribution in [0, 0.1) is 13.8 Å². The van der Waals surface area contributed by atoms with Gasteiger partial charge in [-0.15, -0.1) is 11.3 Å². The van der Waals surface area contributed by atoms with Gasteiger partial charge in [0, 0.05) is 31.6 Å². The summed E-state index contributed by atoms with van der Waals surface area (Å²) >= 11 is 3.40. The van der Waals surface area contributed by atoms with E-state index in [0.717, 1.165) is 50.8 Å². The molecular weight excluding hydrogens is 460 g/mol. The van der Waals surface area contributed by atoms with Gasteiger partial charge in [-0.2, -0.15) is 0 Å². The summed E-state index contributed by atoms with van der Waals surface area (Å²) in [6, 6.07) is 18.3. The zero-order valence-electron chi connectivity index (χ0n) is 19.1. The summed E-state index contributed by atoms with van der Waals surface area (Å²) in [6.07, 6.45) is 0. The average molecular weight is 485 g/mol. The van der Waals surface area contributed by atoms with E-state index in [4.69, 9.17) is 9.97 Å². The van der Waals surface area contributed by atoms with Gasteiger partial charge in [-0.1, -0.05) is 47.7 Å². The minimum Gasteiger partial charge on any atom is -0.345 e. The van der Waals surface area contributed by atoms with Crippen LogP contribution in [0.3, 0.4) is 0 Å². The summed E-state index contributed by atoms with van der Waals surface area (Å²) in [5, 5.41) is 4.00. The van der Waals surface area contributed by atoms with Crippen molar-refractivity contribution in [1.82, 2.24) is 14.9 Å². The summed E-state index contributed by atoms with van der Waals surface area (Å²) in [7, 11) is 0. The number of carbonyl (C=O) groups is 1. The van der Waals surface area contributed by atoms with E-state index in [1.807, 2.05) is 46.7 Å². The number of aromatic nitrogens is 2. The number of thiazole rings is 1. The van der Waals surface area contributed by atoms with Crippen LogP contribution in [0.2, 0.25) is 0 Å². The highest BCUT2D eigenvalue weighted by molar-refractivity contribution is 7.22. The van der Waals surface area contributed by atoms with Crippen molar-refractivity contribution in [3.8, 4) is 10.6 Å². The highest BCUT2D eigenvalue weighted by Gasteiger charge is 2.26. The predicted molar refractivity (Wildman–Crippen MR) is 142 cm³/mol. The first-order chi connectivity index (χ1) is 16.6. The van der Waals surface area contributed by atoms with Crippen molar-refractivity contribution in [2.24, 2.45) is 0 Å². The number of rotatable bonds is 3. The second-order valence-electron chi connectivity index (χ2n) is 8.70. The molecule has 0 saturated carbocycles. The molecule has 5 aromatic rings. The van der Waals surface area contributed by atoms with Gasteiger partial charge in [-0.25, -0.2) is 9.97 Å². The van der Waals surface area contributed by atoms with E-state index in [0.29, 0.717) is 13.1 Å². The molecule has 1 saturated heterocycles. The third-order valence-electron chi connectivity index (χ3n) is 6.49. The topological polar surface area (TPSA) is 49.3 Å². The number of fused-ring (bicyclic) bond motifs is 2.